The van der Waals surface area contributed by atoms with Crippen LogP contribution in [0, 0.1) is 0 Å². The minimum absolute atomic E-state index is 0.0362. The highest BCUT2D eigenvalue weighted by Crippen LogP contribution is 2.29. The smallest absolute Gasteiger partial charge is 0.305 e. The van der Waals surface area contributed by atoms with Crippen molar-refractivity contribution in [2.75, 3.05) is 25.4 Å². The Morgan fingerprint density at radius 3 is 2.41 bits per heavy atom. The summed E-state index contributed by atoms with van der Waals surface area (Å²) < 4.78 is 0. The lowest BCUT2D eigenvalue weighted by Gasteiger charge is -2.21. The van der Waals surface area contributed by atoms with Gasteiger partial charge in [0.05, 0.1) is 41.0 Å². The Morgan fingerprint density at radius 1 is 1.14 bits per heavy atom. The number of carbonyl (C=O) groups excluding carboxylic acids is 1. The fourth-order valence-electron chi connectivity index (χ4n) is 2.98. The maximum Gasteiger partial charge on any atom is 0.305 e. The third kappa shape index (κ3) is 5.40. The minimum atomic E-state index is -0.972. The average molecular weight is 435 g/mol. The van der Waals surface area contributed by atoms with Crippen molar-refractivity contribution in [2.24, 2.45) is 5.10 Å². The predicted molar refractivity (Wildman–Crippen MR) is 113 cm³/mol. The van der Waals surface area contributed by atoms with Crippen LogP contribution in [-0.4, -0.2) is 52.2 Å². The molecule has 0 spiro atoms. The fourth-order valence-corrected chi connectivity index (χ4v) is 3.47. The zero-order valence-corrected chi connectivity index (χ0v) is 17.0. The first-order chi connectivity index (χ1) is 13.8. The van der Waals surface area contributed by atoms with E-state index in [9.17, 15) is 9.59 Å². The van der Waals surface area contributed by atoms with Crippen molar-refractivity contribution in [3.8, 4) is 0 Å². The number of aliphatic carboxylic acids is 1. The van der Waals surface area contributed by atoms with Gasteiger partial charge in [-0.25, -0.2) is 0 Å². The summed E-state index contributed by atoms with van der Waals surface area (Å²) in [5.41, 5.74) is 8.28. The van der Waals surface area contributed by atoms with Crippen molar-refractivity contribution in [2.45, 2.75) is 13.0 Å². The van der Waals surface area contributed by atoms with Crippen LogP contribution in [0.5, 0.6) is 0 Å². The number of rotatable bonds is 6. The van der Waals surface area contributed by atoms with E-state index in [1.807, 2.05) is 30.3 Å². The standard InChI is InChI=1S/C20H20Cl2N4O3/c21-15-8-14(9-16(22)20(15)23)17-11-25(7-6-19(28)29)18(27)12-26(24-17)10-13-4-2-1-3-5-13/h1-5,8-9H,6-7,10-12,23H2,(H,28,29). The number of hydrogen-bond acceptors (Lipinski definition) is 5. The number of hydrogen-bond donors (Lipinski definition) is 2. The van der Waals surface area contributed by atoms with Crippen LogP contribution in [-0.2, 0) is 16.1 Å². The molecule has 0 unspecified atom stereocenters. The highest BCUT2D eigenvalue weighted by molar-refractivity contribution is 6.39. The zero-order chi connectivity index (χ0) is 21.0. The van der Waals surface area contributed by atoms with Crippen LogP contribution in [0.3, 0.4) is 0 Å². The van der Waals surface area contributed by atoms with Gasteiger partial charge in [-0.2, -0.15) is 5.10 Å². The molecule has 0 radical (unpaired) electrons. The first-order valence-corrected chi connectivity index (χ1v) is 9.70. The molecule has 0 saturated heterocycles. The van der Waals surface area contributed by atoms with Crippen LogP contribution in [0.4, 0.5) is 5.69 Å². The Bertz CT molecular complexity index is 927. The third-order valence-corrected chi connectivity index (χ3v) is 5.11. The van der Waals surface area contributed by atoms with Crippen LogP contribution in [0.15, 0.2) is 47.6 Å². The molecule has 1 amide bonds. The van der Waals surface area contributed by atoms with E-state index in [2.05, 4.69) is 5.10 Å². The molecule has 1 heterocycles. The van der Waals surface area contributed by atoms with Crippen LogP contribution < -0.4 is 5.73 Å². The normalized spacial score (nSPS) is 14.6. The van der Waals surface area contributed by atoms with Gasteiger partial charge in [0.15, 0.2) is 0 Å². The number of halogens is 2. The number of benzene rings is 2. The first-order valence-electron chi connectivity index (χ1n) is 8.94. The molecule has 2 aromatic carbocycles. The van der Waals surface area contributed by atoms with Crippen molar-refractivity contribution in [1.82, 2.24) is 9.91 Å². The van der Waals surface area contributed by atoms with Crippen LogP contribution >= 0.6 is 23.2 Å². The van der Waals surface area contributed by atoms with Crippen molar-refractivity contribution in [3.63, 3.8) is 0 Å². The number of amides is 1. The van der Waals surface area contributed by atoms with Gasteiger partial charge >= 0.3 is 5.97 Å². The Balaban J connectivity index is 1.95. The van der Waals surface area contributed by atoms with Gasteiger partial charge in [0.25, 0.3) is 0 Å². The molecule has 0 aromatic heterocycles. The van der Waals surface area contributed by atoms with Gasteiger partial charge in [-0.05, 0) is 17.7 Å². The molecule has 0 fully saturated rings. The van der Waals surface area contributed by atoms with Gasteiger partial charge in [-0.15, -0.1) is 0 Å². The molecule has 29 heavy (non-hydrogen) atoms. The van der Waals surface area contributed by atoms with Crippen molar-refractivity contribution in [3.05, 3.63) is 63.6 Å². The van der Waals surface area contributed by atoms with Crippen LogP contribution in [0.1, 0.15) is 17.5 Å². The van der Waals surface area contributed by atoms with E-state index in [0.29, 0.717) is 17.8 Å². The Kier molecular flexibility index (Phi) is 6.61. The molecule has 0 atom stereocenters. The summed E-state index contributed by atoms with van der Waals surface area (Å²) in [5, 5.41) is 15.9. The lowest BCUT2D eigenvalue weighted by molar-refractivity contribution is -0.138. The van der Waals surface area contributed by atoms with Gasteiger partial charge in [0.2, 0.25) is 5.91 Å². The molecule has 9 heteroatoms. The summed E-state index contributed by atoms with van der Waals surface area (Å²) in [6.07, 6.45) is -0.152. The second-order valence-electron chi connectivity index (χ2n) is 6.67. The number of nitrogen functional groups attached to an aromatic ring is 1. The van der Waals surface area contributed by atoms with E-state index in [1.165, 1.54) is 4.90 Å². The maximum absolute atomic E-state index is 12.7. The molecule has 0 saturated carbocycles. The van der Waals surface area contributed by atoms with E-state index >= 15 is 0 Å². The second-order valence-corrected chi connectivity index (χ2v) is 7.48. The number of nitrogens with zero attached hydrogens (tertiary/aromatic N) is 3. The van der Waals surface area contributed by atoms with E-state index in [4.69, 9.17) is 34.0 Å². The average Bonchev–Trinajstić information content (AvgIpc) is 2.83. The van der Waals surface area contributed by atoms with E-state index in [0.717, 1.165) is 5.56 Å². The van der Waals surface area contributed by atoms with Crippen molar-refractivity contribution < 1.29 is 14.7 Å². The first kappa shape index (κ1) is 21.0. The van der Waals surface area contributed by atoms with E-state index in [-0.39, 0.29) is 47.7 Å². The van der Waals surface area contributed by atoms with Crippen LogP contribution in [0.25, 0.3) is 0 Å². The predicted octanol–water partition coefficient (Wildman–Crippen LogP) is 3.10. The Morgan fingerprint density at radius 2 is 1.79 bits per heavy atom. The van der Waals surface area contributed by atoms with E-state index in [1.54, 1.807) is 17.1 Å². The molecular formula is C20H20Cl2N4O3. The van der Waals surface area contributed by atoms with Crippen LogP contribution in [0.2, 0.25) is 10.0 Å². The molecule has 3 rings (SSSR count). The van der Waals surface area contributed by atoms with Gasteiger partial charge < -0.3 is 15.7 Å². The number of nitrogens with two attached hydrogens (primary N) is 1. The summed E-state index contributed by atoms with van der Waals surface area (Å²) >= 11 is 12.4. The van der Waals surface area contributed by atoms with Gasteiger partial charge in [-0.1, -0.05) is 53.5 Å². The fraction of sp³-hybridized carbons (Fsp3) is 0.250. The largest absolute Gasteiger partial charge is 0.481 e. The molecule has 0 aliphatic carbocycles. The summed E-state index contributed by atoms with van der Waals surface area (Å²) in [7, 11) is 0. The lowest BCUT2D eigenvalue weighted by atomic mass is 10.1. The second kappa shape index (κ2) is 9.15. The molecule has 7 nitrogen and oxygen atoms in total. The monoisotopic (exact) mass is 434 g/mol. The third-order valence-electron chi connectivity index (χ3n) is 4.49. The topological polar surface area (TPSA) is 99.2 Å². The molecule has 1 aliphatic heterocycles. The summed E-state index contributed by atoms with van der Waals surface area (Å²) in [6.45, 7) is 0.699. The van der Waals surface area contributed by atoms with Crippen molar-refractivity contribution >= 4 is 46.5 Å². The number of carbonyl (C=O) groups is 2. The van der Waals surface area contributed by atoms with Gasteiger partial charge in [0.1, 0.15) is 6.54 Å². The Hall–Kier alpha value is -2.77. The van der Waals surface area contributed by atoms with Gasteiger partial charge in [-0.3, -0.25) is 14.6 Å². The number of hydrazone groups is 1. The van der Waals surface area contributed by atoms with E-state index < -0.39 is 5.97 Å². The van der Waals surface area contributed by atoms with Gasteiger partial charge in [0, 0.05) is 12.1 Å². The molecule has 152 valence electrons. The molecule has 3 N–H and O–H groups in total. The quantitative estimate of drug-likeness (QED) is 0.680. The summed E-state index contributed by atoms with van der Waals surface area (Å²) in [4.78, 5) is 25.2. The SMILES string of the molecule is Nc1c(Cl)cc(C2=NN(Cc3ccccc3)CC(=O)N(CCC(=O)O)C2)cc1Cl. The molecular weight excluding hydrogens is 415 g/mol. The number of carboxylic acid groups (broad SMARTS) is 1. The highest BCUT2D eigenvalue weighted by Gasteiger charge is 2.25. The Labute approximate surface area is 178 Å². The number of carboxylic acids is 1. The summed E-state index contributed by atoms with van der Waals surface area (Å²) in [5.74, 6) is -1.17. The highest BCUT2D eigenvalue weighted by atomic mass is 35.5. The molecule has 0 bridgehead atoms. The molecule has 2 aromatic rings. The van der Waals surface area contributed by atoms with Crippen molar-refractivity contribution in [1.29, 1.82) is 0 Å². The number of anilines is 1. The summed E-state index contributed by atoms with van der Waals surface area (Å²) in [6, 6.07) is 12.9. The maximum atomic E-state index is 12.7. The minimum Gasteiger partial charge on any atom is -0.481 e. The zero-order valence-electron chi connectivity index (χ0n) is 15.5. The lowest BCUT2D eigenvalue weighted by Crippen LogP contribution is -2.39. The molecule has 1 aliphatic rings.